The first-order chi connectivity index (χ1) is 29.2. The Morgan fingerprint density at radius 3 is 1.63 bits per heavy atom. The van der Waals surface area contributed by atoms with E-state index in [-0.39, 0.29) is 0 Å². The Labute approximate surface area is 336 Å². The van der Waals surface area contributed by atoms with Crippen molar-refractivity contribution >= 4 is 87.1 Å². The second-order valence-corrected chi connectivity index (χ2v) is 15.2. The fourth-order valence-electron chi connectivity index (χ4n) is 9.22. The number of aromatic nitrogens is 5. The number of para-hydroxylation sites is 4. The molecular formula is C53H31N5O. The van der Waals surface area contributed by atoms with E-state index in [2.05, 4.69) is 185 Å². The first-order valence-electron chi connectivity index (χ1n) is 19.9. The number of fused-ring (bicyclic) bond motifs is 11. The highest BCUT2D eigenvalue weighted by Crippen LogP contribution is 2.42. The molecule has 0 aliphatic rings. The highest BCUT2D eigenvalue weighted by atomic mass is 16.3. The van der Waals surface area contributed by atoms with Gasteiger partial charge in [-0.05, 0) is 76.1 Å². The van der Waals surface area contributed by atoms with E-state index in [0.717, 1.165) is 82.4 Å². The summed E-state index contributed by atoms with van der Waals surface area (Å²) in [5.74, 6) is 1.67. The summed E-state index contributed by atoms with van der Waals surface area (Å²) in [6.45, 7) is 0. The standard InChI is InChI=1S/C53H31N5O/c1-2-14-33-27-36(26-25-32(33)13-1)51-54-52(56-53(55-51)58-45-22-10-5-17-37(45)38-18-6-11-23-46(38)58)43-31-50-42(40-20-8-12-24-49(40)59-50)30-48(43)57-44-21-9-7-19-39(44)41-28-34-15-3-4-16-35(34)29-47(41)57/h1-31H. The molecule has 9 aromatic carbocycles. The summed E-state index contributed by atoms with van der Waals surface area (Å²) in [5.41, 5.74) is 8.54. The lowest BCUT2D eigenvalue weighted by Crippen LogP contribution is -2.08. The number of hydrogen-bond donors (Lipinski definition) is 0. The third-order valence-corrected chi connectivity index (χ3v) is 11.9. The van der Waals surface area contributed by atoms with Crippen LogP contribution in [0.1, 0.15) is 0 Å². The quantitative estimate of drug-likeness (QED) is 0.180. The van der Waals surface area contributed by atoms with Crippen LogP contribution >= 0.6 is 0 Å². The van der Waals surface area contributed by atoms with Crippen molar-refractivity contribution in [1.82, 2.24) is 24.1 Å². The van der Waals surface area contributed by atoms with Crippen molar-refractivity contribution in [3.63, 3.8) is 0 Å². The van der Waals surface area contributed by atoms with Crippen molar-refractivity contribution in [3.8, 4) is 34.4 Å². The van der Waals surface area contributed by atoms with E-state index < -0.39 is 0 Å². The van der Waals surface area contributed by atoms with Gasteiger partial charge >= 0.3 is 0 Å². The van der Waals surface area contributed by atoms with Crippen LogP contribution < -0.4 is 0 Å². The van der Waals surface area contributed by atoms with Gasteiger partial charge in [-0.2, -0.15) is 9.97 Å². The number of nitrogens with zero attached hydrogens (tertiary/aromatic N) is 5. The van der Waals surface area contributed by atoms with E-state index >= 15 is 0 Å². The zero-order valence-corrected chi connectivity index (χ0v) is 31.5. The van der Waals surface area contributed by atoms with Crippen LogP contribution in [0.2, 0.25) is 0 Å². The maximum absolute atomic E-state index is 6.61. The molecule has 0 radical (unpaired) electrons. The van der Waals surface area contributed by atoms with Gasteiger partial charge in [0, 0.05) is 43.4 Å². The molecule has 0 atom stereocenters. The minimum atomic E-state index is 0.541. The van der Waals surface area contributed by atoms with Gasteiger partial charge in [0.25, 0.3) is 0 Å². The van der Waals surface area contributed by atoms with Crippen molar-refractivity contribution < 1.29 is 4.42 Å². The van der Waals surface area contributed by atoms with Crippen molar-refractivity contribution in [3.05, 3.63) is 188 Å². The molecule has 6 nitrogen and oxygen atoms in total. The largest absolute Gasteiger partial charge is 0.456 e. The van der Waals surface area contributed by atoms with Crippen LogP contribution in [0.5, 0.6) is 0 Å². The van der Waals surface area contributed by atoms with E-state index in [1.54, 1.807) is 0 Å². The zero-order chi connectivity index (χ0) is 38.6. The van der Waals surface area contributed by atoms with E-state index in [0.29, 0.717) is 17.6 Å². The number of benzene rings is 9. The third-order valence-electron chi connectivity index (χ3n) is 11.9. The minimum Gasteiger partial charge on any atom is -0.456 e. The average Bonchev–Trinajstić information content (AvgIpc) is 3.94. The van der Waals surface area contributed by atoms with Crippen molar-refractivity contribution in [2.24, 2.45) is 0 Å². The topological polar surface area (TPSA) is 61.7 Å². The molecule has 274 valence electrons. The lowest BCUT2D eigenvalue weighted by Gasteiger charge is -2.16. The van der Waals surface area contributed by atoms with E-state index in [4.69, 9.17) is 19.4 Å². The van der Waals surface area contributed by atoms with E-state index in [9.17, 15) is 0 Å². The summed E-state index contributed by atoms with van der Waals surface area (Å²) in [4.78, 5) is 16.2. The summed E-state index contributed by atoms with van der Waals surface area (Å²) in [5, 5.41) is 11.4. The molecule has 6 heteroatoms. The number of furan rings is 1. The van der Waals surface area contributed by atoms with Gasteiger partial charge in [-0.15, -0.1) is 0 Å². The molecule has 0 spiro atoms. The lowest BCUT2D eigenvalue weighted by atomic mass is 10.0. The molecule has 13 rings (SSSR count). The van der Waals surface area contributed by atoms with Gasteiger partial charge in [-0.25, -0.2) is 4.98 Å². The van der Waals surface area contributed by atoms with Crippen LogP contribution in [0, 0.1) is 0 Å². The van der Waals surface area contributed by atoms with Crippen molar-refractivity contribution in [2.75, 3.05) is 0 Å². The molecule has 0 N–H and O–H groups in total. The normalized spacial score (nSPS) is 12.1. The fraction of sp³-hybridized carbons (Fsp3) is 0. The summed E-state index contributed by atoms with van der Waals surface area (Å²) in [7, 11) is 0. The van der Waals surface area contributed by atoms with Gasteiger partial charge < -0.3 is 8.98 Å². The Bertz CT molecular complexity index is 3820. The van der Waals surface area contributed by atoms with Gasteiger partial charge in [-0.3, -0.25) is 4.57 Å². The first kappa shape index (κ1) is 32.0. The van der Waals surface area contributed by atoms with Gasteiger partial charge in [-0.1, -0.05) is 133 Å². The molecule has 0 amide bonds. The van der Waals surface area contributed by atoms with Gasteiger partial charge in [0.2, 0.25) is 5.95 Å². The molecule has 0 unspecified atom stereocenters. The molecular weight excluding hydrogens is 723 g/mol. The molecule has 0 saturated carbocycles. The van der Waals surface area contributed by atoms with E-state index in [1.165, 1.54) is 21.5 Å². The predicted octanol–water partition coefficient (Wildman–Crippen LogP) is 13.6. The second kappa shape index (κ2) is 12.2. The van der Waals surface area contributed by atoms with Crippen LogP contribution in [0.3, 0.4) is 0 Å². The van der Waals surface area contributed by atoms with E-state index in [1.807, 2.05) is 12.1 Å². The van der Waals surface area contributed by atoms with Crippen molar-refractivity contribution in [2.45, 2.75) is 0 Å². The van der Waals surface area contributed by atoms with Gasteiger partial charge in [0.05, 0.1) is 27.8 Å². The fourth-order valence-corrected chi connectivity index (χ4v) is 9.22. The SMILES string of the molecule is c1ccc2cc(-c3nc(-c4cc5oc6ccccc6c5cc4-n4c5ccccc5c5cc6ccccc6cc54)nc(-n4c5ccccc5c5ccccc54)n3)ccc2c1. The molecule has 59 heavy (non-hydrogen) atoms. The molecule has 0 aliphatic carbocycles. The van der Waals surface area contributed by atoms with Crippen LogP contribution in [-0.4, -0.2) is 24.1 Å². The Morgan fingerprint density at radius 1 is 0.339 bits per heavy atom. The summed E-state index contributed by atoms with van der Waals surface area (Å²) >= 11 is 0. The minimum absolute atomic E-state index is 0.541. The number of hydrogen-bond acceptors (Lipinski definition) is 4. The maximum Gasteiger partial charge on any atom is 0.238 e. The first-order valence-corrected chi connectivity index (χ1v) is 19.9. The lowest BCUT2D eigenvalue weighted by molar-refractivity contribution is 0.669. The van der Waals surface area contributed by atoms with Gasteiger partial charge in [0.1, 0.15) is 11.2 Å². The Morgan fingerprint density at radius 2 is 0.898 bits per heavy atom. The zero-order valence-electron chi connectivity index (χ0n) is 31.5. The van der Waals surface area contributed by atoms with Crippen LogP contribution in [0.4, 0.5) is 0 Å². The molecule has 0 fully saturated rings. The van der Waals surface area contributed by atoms with Crippen LogP contribution in [-0.2, 0) is 0 Å². The molecule has 0 bridgehead atoms. The smallest absolute Gasteiger partial charge is 0.238 e. The molecule has 4 aromatic heterocycles. The molecule has 13 aromatic rings. The number of rotatable bonds is 4. The highest BCUT2D eigenvalue weighted by molar-refractivity contribution is 6.15. The Balaban J connectivity index is 1.18. The predicted molar refractivity (Wildman–Crippen MR) is 242 cm³/mol. The third kappa shape index (κ3) is 4.77. The molecule has 0 aliphatic heterocycles. The van der Waals surface area contributed by atoms with Crippen LogP contribution in [0.25, 0.3) is 122 Å². The van der Waals surface area contributed by atoms with Crippen LogP contribution in [0.15, 0.2) is 192 Å². The molecule has 4 heterocycles. The Kier molecular flexibility index (Phi) is 6.63. The summed E-state index contributed by atoms with van der Waals surface area (Å²) in [6, 6.07) is 66.2. The van der Waals surface area contributed by atoms with Crippen molar-refractivity contribution in [1.29, 1.82) is 0 Å². The average molecular weight is 754 g/mol. The monoisotopic (exact) mass is 753 g/mol. The summed E-state index contributed by atoms with van der Waals surface area (Å²) in [6.07, 6.45) is 0. The van der Waals surface area contributed by atoms with Gasteiger partial charge in [0.15, 0.2) is 11.6 Å². The molecule has 0 saturated heterocycles. The Hall–Kier alpha value is -8.09. The second-order valence-electron chi connectivity index (χ2n) is 15.2. The summed E-state index contributed by atoms with van der Waals surface area (Å²) < 4.78 is 11.2. The highest BCUT2D eigenvalue weighted by Gasteiger charge is 2.24. The maximum atomic E-state index is 6.61.